The van der Waals surface area contributed by atoms with Gasteiger partial charge in [0.05, 0.1) is 12.1 Å². The van der Waals surface area contributed by atoms with Crippen molar-refractivity contribution in [2.45, 2.75) is 31.8 Å². The van der Waals surface area contributed by atoms with E-state index in [0.29, 0.717) is 13.0 Å². The molecule has 106 valence electrons. The molecule has 0 saturated carbocycles. The van der Waals surface area contributed by atoms with Gasteiger partial charge in [-0.25, -0.2) is 0 Å². The summed E-state index contributed by atoms with van der Waals surface area (Å²) in [5.74, 6) is -0.126. The molecule has 3 N–H and O–H groups in total. The number of rotatable bonds is 7. The van der Waals surface area contributed by atoms with Gasteiger partial charge < -0.3 is 15.8 Å². The van der Waals surface area contributed by atoms with Crippen LogP contribution < -0.4 is 11.1 Å². The zero-order chi connectivity index (χ0) is 14.3. The molecule has 4 nitrogen and oxygen atoms in total. The monoisotopic (exact) mass is 328 g/mol. The van der Waals surface area contributed by atoms with Gasteiger partial charge in [0, 0.05) is 18.2 Å². The number of hydrogen-bond acceptors (Lipinski definition) is 3. The smallest absolute Gasteiger partial charge is 0.237 e. The Hall–Kier alpha value is -0.910. The molecule has 0 saturated heterocycles. The van der Waals surface area contributed by atoms with Crippen molar-refractivity contribution < 1.29 is 9.53 Å². The molecule has 0 aliphatic rings. The number of amides is 1. The zero-order valence-corrected chi connectivity index (χ0v) is 12.9. The van der Waals surface area contributed by atoms with Crippen LogP contribution in [0, 0.1) is 0 Å². The molecule has 0 radical (unpaired) electrons. The van der Waals surface area contributed by atoms with Crippen molar-refractivity contribution in [3.8, 4) is 0 Å². The quantitative estimate of drug-likeness (QED) is 0.755. The first-order valence-electron chi connectivity index (χ1n) is 6.35. The van der Waals surface area contributed by atoms with E-state index in [4.69, 9.17) is 10.5 Å². The molecule has 19 heavy (non-hydrogen) atoms. The Bertz CT molecular complexity index is 412. The third-order valence-electron chi connectivity index (χ3n) is 2.93. The maximum Gasteiger partial charge on any atom is 0.237 e. The standard InChI is InChI=1S/C14H21BrN2O2/c1-10(11-6-3-4-7-12(11)15)17-14(18)13(16)8-5-9-19-2/h3-4,6-7,10,13H,5,8-9,16H2,1-2H3,(H,17,18). The number of ether oxygens (including phenoxy) is 1. The van der Waals surface area contributed by atoms with Crippen LogP contribution in [0.15, 0.2) is 28.7 Å². The lowest BCUT2D eigenvalue weighted by molar-refractivity contribution is -0.123. The molecule has 1 rings (SSSR count). The van der Waals surface area contributed by atoms with Gasteiger partial charge in [0.25, 0.3) is 0 Å². The van der Waals surface area contributed by atoms with Crippen molar-refractivity contribution in [3.05, 3.63) is 34.3 Å². The van der Waals surface area contributed by atoms with Crippen LogP contribution in [0.5, 0.6) is 0 Å². The second kappa shape index (κ2) is 8.30. The summed E-state index contributed by atoms with van der Waals surface area (Å²) in [6.45, 7) is 2.57. The van der Waals surface area contributed by atoms with Gasteiger partial charge >= 0.3 is 0 Å². The largest absolute Gasteiger partial charge is 0.385 e. The highest BCUT2D eigenvalue weighted by Gasteiger charge is 2.17. The molecular weight excluding hydrogens is 308 g/mol. The van der Waals surface area contributed by atoms with Crippen LogP contribution >= 0.6 is 15.9 Å². The van der Waals surface area contributed by atoms with Crippen LogP contribution in [0.3, 0.4) is 0 Å². The lowest BCUT2D eigenvalue weighted by Crippen LogP contribution is -2.41. The maximum atomic E-state index is 11.9. The third kappa shape index (κ3) is 5.30. The van der Waals surface area contributed by atoms with E-state index in [1.165, 1.54) is 0 Å². The summed E-state index contributed by atoms with van der Waals surface area (Å²) in [5.41, 5.74) is 6.88. The number of methoxy groups -OCH3 is 1. The van der Waals surface area contributed by atoms with Gasteiger partial charge in [-0.05, 0) is 31.4 Å². The summed E-state index contributed by atoms with van der Waals surface area (Å²) >= 11 is 3.48. The molecule has 0 aliphatic heterocycles. The lowest BCUT2D eigenvalue weighted by atomic mass is 10.1. The molecule has 1 aromatic carbocycles. The van der Waals surface area contributed by atoms with E-state index < -0.39 is 6.04 Å². The number of benzene rings is 1. The van der Waals surface area contributed by atoms with E-state index in [9.17, 15) is 4.79 Å². The Morgan fingerprint density at radius 3 is 2.79 bits per heavy atom. The van der Waals surface area contributed by atoms with E-state index >= 15 is 0 Å². The van der Waals surface area contributed by atoms with Crippen LogP contribution in [-0.2, 0) is 9.53 Å². The minimum absolute atomic E-state index is 0.0726. The van der Waals surface area contributed by atoms with Crippen molar-refractivity contribution in [2.24, 2.45) is 5.73 Å². The molecule has 0 spiro atoms. The van der Waals surface area contributed by atoms with E-state index in [0.717, 1.165) is 16.5 Å². The molecule has 0 bridgehead atoms. The van der Waals surface area contributed by atoms with Crippen molar-refractivity contribution in [2.75, 3.05) is 13.7 Å². The number of halogens is 1. The van der Waals surface area contributed by atoms with E-state index in [1.54, 1.807) is 7.11 Å². The van der Waals surface area contributed by atoms with Crippen LogP contribution in [0.2, 0.25) is 0 Å². The SMILES string of the molecule is COCCCC(N)C(=O)NC(C)c1ccccc1Br. The van der Waals surface area contributed by atoms with Gasteiger partial charge in [-0.2, -0.15) is 0 Å². The van der Waals surface area contributed by atoms with E-state index in [-0.39, 0.29) is 11.9 Å². The summed E-state index contributed by atoms with van der Waals surface area (Å²) in [5, 5.41) is 2.93. The first-order valence-corrected chi connectivity index (χ1v) is 7.15. The Labute approximate surface area is 122 Å². The fourth-order valence-corrected chi connectivity index (χ4v) is 2.43. The summed E-state index contributed by atoms with van der Waals surface area (Å²) < 4.78 is 5.93. The first kappa shape index (κ1) is 16.1. The number of carbonyl (C=O) groups excluding carboxylic acids is 1. The number of hydrogen-bond donors (Lipinski definition) is 2. The minimum Gasteiger partial charge on any atom is -0.385 e. The van der Waals surface area contributed by atoms with E-state index in [1.807, 2.05) is 31.2 Å². The number of nitrogens with two attached hydrogens (primary N) is 1. The maximum absolute atomic E-state index is 11.9. The predicted octanol–water partition coefficient (Wildman–Crippen LogP) is 2.38. The molecular formula is C14H21BrN2O2. The number of nitrogens with one attached hydrogen (secondary N) is 1. The zero-order valence-electron chi connectivity index (χ0n) is 11.4. The van der Waals surface area contributed by atoms with Gasteiger partial charge in [0.2, 0.25) is 5.91 Å². The Morgan fingerprint density at radius 2 is 2.16 bits per heavy atom. The fraction of sp³-hybridized carbons (Fsp3) is 0.500. The first-order chi connectivity index (χ1) is 9.06. The normalized spacial score (nSPS) is 13.9. The molecule has 1 amide bonds. The Morgan fingerprint density at radius 1 is 1.47 bits per heavy atom. The van der Waals surface area contributed by atoms with Crippen molar-refractivity contribution in [1.82, 2.24) is 5.32 Å². The molecule has 0 aromatic heterocycles. The highest BCUT2D eigenvalue weighted by molar-refractivity contribution is 9.10. The topological polar surface area (TPSA) is 64.3 Å². The molecule has 1 aromatic rings. The third-order valence-corrected chi connectivity index (χ3v) is 3.65. The van der Waals surface area contributed by atoms with Crippen LogP contribution in [-0.4, -0.2) is 25.7 Å². The van der Waals surface area contributed by atoms with E-state index in [2.05, 4.69) is 21.2 Å². The average molecular weight is 329 g/mol. The summed E-state index contributed by atoms with van der Waals surface area (Å²) in [7, 11) is 1.64. The van der Waals surface area contributed by atoms with Crippen molar-refractivity contribution in [3.63, 3.8) is 0 Å². The second-order valence-electron chi connectivity index (χ2n) is 4.49. The van der Waals surface area contributed by atoms with Gasteiger partial charge in [-0.15, -0.1) is 0 Å². The predicted molar refractivity (Wildman–Crippen MR) is 79.8 cm³/mol. The molecule has 0 fully saturated rings. The van der Waals surface area contributed by atoms with Crippen LogP contribution in [0.4, 0.5) is 0 Å². The van der Waals surface area contributed by atoms with Gasteiger partial charge in [0.1, 0.15) is 0 Å². The molecule has 0 aliphatic carbocycles. The fourth-order valence-electron chi connectivity index (χ4n) is 1.80. The highest BCUT2D eigenvalue weighted by Crippen LogP contribution is 2.22. The van der Waals surface area contributed by atoms with Crippen molar-refractivity contribution >= 4 is 21.8 Å². The Kier molecular flexibility index (Phi) is 7.05. The minimum atomic E-state index is -0.486. The summed E-state index contributed by atoms with van der Waals surface area (Å²) in [6, 6.07) is 7.26. The molecule has 5 heteroatoms. The van der Waals surface area contributed by atoms with Crippen LogP contribution in [0.1, 0.15) is 31.4 Å². The van der Waals surface area contributed by atoms with Gasteiger partial charge in [0.15, 0.2) is 0 Å². The van der Waals surface area contributed by atoms with Crippen molar-refractivity contribution in [1.29, 1.82) is 0 Å². The number of carbonyl (C=O) groups is 1. The molecule has 0 heterocycles. The lowest BCUT2D eigenvalue weighted by Gasteiger charge is -2.18. The molecule has 2 unspecified atom stereocenters. The Balaban J connectivity index is 2.50. The van der Waals surface area contributed by atoms with Gasteiger partial charge in [-0.1, -0.05) is 34.1 Å². The second-order valence-corrected chi connectivity index (χ2v) is 5.35. The van der Waals surface area contributed by atoms with Crippen LogP contribution in [0.25, 0.3) is 0 Å². The van der Waals surface area contributed by atoms with Gasteiger partial charge in [-0.3, -0.25) is 4.79 Å². The molecule has 2 atom stereocenters. The summed E-state index contributed by atoms with van der Waals surface area (Å²) in [4.78, 5) is 11.9. The average Bonchev–Trinajstić information content (AvgIpc) is 2.39. The summed E-state index contributed by atoms with van der Waals surface area (Å²) in [6.07, 6.45) is 1.41. The highest BCUT2D eigenvalue weighted by atomic mass is 79.9.